The van der Waals surface area contributed by atoms with Gasteiger partial charge >= 0.3 is 12.1 Å². The Labute approximate surface area is 168 Å². The molecule has 2 aromatic carbocycles. The molecule has 0 radical (unpaired) electrons. The average Bonchev–Trinajstić information content (AvgIpc) is 3.03. The monoisotopic (exact) mass is 422 g/mol. The molecule has 0 fully saturated rings. The van der Waals surface area contributed by atoms with Crippen LogP contribution in [0.1, 0.15) is 18.1 Å². The molecule has 0 amide bonds. The molecule has 3 rings (SSSR count). The van der Waals surface area contributed by atoms with Crippen LogP contribution in [0.25, 0.3) is 10.9 Å². The molecule has 0 saturated carbocycles. The van der Waals surface area contributed by atoms with Gasteiger partial charge in [-0.3, -0.25) is 10.1 Å². The Morgan fingerprint density at radius 2 is 1.87 bits per heavy atom. The first-order valence-corrected chi connectivity index (χ1v) is 8.87. The van der Waals surface area contributed by atoms with Gasteiger partial charge in [0.15, 0.2) is 0 Å². The van der Waals surface area contributed by atoms with Gasteiger partial charge < -0.3 is 14.4 Å². The van der Waals surface area contributed by atoms with E-state index in [-0.39, 0.29) is 23.1 Å². The van der Waals surface area contributed by atoms with Crippen LogP contribution in [-0.2, 0) is 21.7 Å². The lowest BCUT2D eigenvalue weighted by atomic mass is 9.92. The third-order valence-electron chi connectivity index (χ3n) is 4.71. The second-order valence-corrected chi connectivity index (χ2v) is 6.53. The molecule has 0 aliphatic carbocycles. The molecule has 0 saturated heterocycles. The molecule has 0 spiro atoms. The lowest BCUT2D eigenvalue weighted by molar-refractivity contribution is -0.384. The average molecular weight is 422 g/mol. The molecule has 0 bridgehead atoms. The van der Waals surface area contributed by atoms with Gasteiger partial charge in [0.05, 0.1) is 10.4 Å². The van der Waals surface area contributed by atoms with E-state index in [4.69, 9.17) is 4.74 Å². The Hall–Kier alpha value is -3.40. The van der Waals surface area contributed by atoms with Crippen molar-refractivity contribution < 1.29 is 32.7 Å². The van der Waals surface area contributed by atoms with Crippen LogP contribution in [0.5, 0.6) is 0 Å². The molecule has 30 heavy (non-hydrogen) atoms. The summed E-state index contributed by atoms with van der Waals surface area (Å²) < 4.78 is 48.3. The van der Waals surface area contributed by atoms with E-state index in [1.54, 1.807) is 30.3 Å². The van der Waals surface area contributed by atoms with Gasteiger partial charge in [0, 0.05) is 42.4 Å². The number of hydrogen-bond acceptors (Lipinski definition) is 4. The number of halogens is 3. The van der Waals surface area contributed by atoms with Crippen molar-refractivity contribution in [1.82, 2.24) is 4.57 Å². The summed E-state index contributed by atoms with van der Waals surface area (Å²) in [5.74, 6) is -2.21. The van der Waals surface area contributed by atoms with Crippen LogP contribution < -0.4 is 0 Å². The van der Waals surface area contributed by atoms with Crippen LogP contribution in [0.3, 0.4) is 0 Å². The van der Waals surface area contributed by atoms with Crippen molar-refractivity contribution in [2.24, 2.45) is 0 Å². The predicted molar refractivity (Wildman–Crippen MR) is 101 cm³/mol. The van der Waals surface area contributed by atoms with Gasteiger partial charge in [-0.05, 0) is 18.6 Å². The Kier molecular flexibility index (Phi) is 5.53. The number of fused-ring (bicyclic) bond motifs is 1. The number of ether oxygens (including phenoxy) is 1. The van der Waals surface area contributed by atoms with Crippen molar-refractivity contribution in [3.63, 3.8) is 0 Å². The number of aromatic nitrogens is 1. The first-order chi connectivity index (χ1) is 14.1. The number of aliphatic carboxylic acids is 1. The molecular formula is C20H17F3N2O5. The Bertz CT molecular complexity index is 1100. The van der Waals surface area contributed by atoms with E-state index >= 15 is 0 Å². The molecule has 0 aliphatic rings. The third kappa shape index (κ3) is 3.50. The van der Waals surface area contributed by atoms with E-state index in [1.165, 1.54) is 11.5 Å². The standard InChI is InChI=1S/C20H17F3N2O5/c1-2-30-19(18(26)27,20(21,22)23)16-12-24(11-13-6-4-3-5-7-13)17-10-14(25(28)29)8-9-15(16)17/h3-10,12H,2,11H2,1H3,(H,26,27). The topological polar surface area (TPSA) is 94.6 Å². The number of alkyl halides is 3. The minimum atomic E-state index is -5.28. The zero-order chi connectivity index (χ0) is 22.1. The second kappa shape index (κ2) is 7.79. The van der Waals surface area contributed by atoms with Crippen molar-refractivity contribution >= 4 is 22.6 Å². The number of rotatable bonds is 7. The second-order valence-electron chi connectivity index (χ2n) is 6.53. The van der Waals surface area contributed by atoms with Gasteiger partial charge in [-0.25, -0.2) is 4.79 Å². The smallest absolute Gasteiger partial charge is 0.432 e. The summed E-state index contributed by atoms with van der Waals surface area (Å²) >= 11 is 0. The summed E-state index contributed by atoms with van der Waals surface area (Å²) in [6.07, 6.45) is -4.23. The molecule has 1 aromatic heterocycles. The number of nitro benzene ring substituents is 1. The van der Waals surface area contributed by atoms with E-state index in [2.05, 4.69) is 0 Å². The van der Waals surface area contributed by atoms with Crippen molar-refractivity contribution in [3.8, 4) is 0 Å². The third-order valence-corrected chi connectivity index (χ3v) is 4.71. The number of carbonyl (C=O) groups is 1. The number of carboxylic acids is 1. The van der Waals surface area contributed by atoms with E-state index in [9.17, 15) is 33.2 Å². The molecule has 0 aliphatic heterocycles. The molecule has 3 aromatic rings. The fourth-order valence-electron chi connectivity index (χ4n) is 3.41. The summed E-state index contributed by atoms with van der Waals surface area (Å²) in [6, 6.07) is 12.0. The SMILES string of the molecule is CCOC(C(=O)O)(c1cn(Cc2ccccc2)c2cc([N+](=O)[O-])ccc12)C(F)(F)F. The van der Waals surface area contributed by atoms with Crippen molar-refractivity contribution in [1.29, 1.82) is 0 Å². The molecule has 1 N–H and O–H groups in total. The Balaban J connectivity index is 2.33. The highest BCUT2D eigenvalue weighted by Crippen LogP contribution is 2.46. The van der Waals surface area contributed by atoms with Crippen LogP contribution in [0.4, 0.5) is 18.9 Å². The summed E-state index contributed by atoms with van der Waals surface area (Å²) in [5, 5.41) is 20.7. The predicted octanol–water partition coefficient (Wildman–Crippen LogP) is 4.48. The van der Waals surface area contributed by atoms with Crippen molar-refractivity contribution in [2.75, 3.05) is 6.61 Å². The first-order valence-electron chi connectivity index (χ1n) is 8.87. The van der Waals surface area contributed by atoms with Crippen molar-refractivity contribution in [2.45, 2.75) is 25.2 Å². The summed E-state index contributed by atoms with van der Waals surface area (Å²) in [7, 11) is 0. The van der Waals surface area contributed by atoms with Crippen LogP contribution in [0.2, 0.25) is 0 Å². The highest BCUT2D eigenvalue weighted by atomic mass is 19.4. The molecule has 1 unspecified atom stereocenters. The van der Waals surface area contributed by atoms with Crippen LogP contribution in [-0.4, -0.2) is 33.3 Å². The van der Waals surface area contributed by atoms with Gasteiger partial charge in [0.1, 0.15) is 0 Å². The quantitative estimate of drug-likeness (QED) is 0.448. The molecular weight excluding hydrogens is 405 g/mol. The highest BCUT2D eigenvalue weighted by molar-refractivity contribution is 5.93. The van der Waals surface area contributed by atoms with E-state index in [1.807, 2.05) is 0 Å². The van der Waals surface area contributed by atoms with Crippen LogP contribution >= 0.6 is 0 Å². The number of nitro groups is 1. The number of nitrogens with zero attached hydrogens (tertiary/aromatic N) is 2. The summed E-state index contributed by atoms with van der Waals surface area (Å²) in [4.78, 5) is 22.4. The van der Waals surface area contributed by atoms with Gasteiger partial charge in [0.2, 0.25) is 0 Å². The zero-order valence-corrected chi connectivity index (χ0v) is 15.7. The fourth-order valence-corrected chi connectivity index (χ4v) is 3.41. The summed E-state index contributed by atoms with van der Waals surface area (Å²) in [6.45, 7) is 0.833. The van der Waals surface area contributed by atoms with Crippen LogP contribution in [0, 0.1) is 10.1 Å². The highest BCUT2D eigenvalue weighted by Gasteiger charge is 2.64. The number of carboxylic acid groups (broad SMARTS) is 1. The van der Waals surface area contributed by atoms with Gasteiger partial charge in [-0.2, -0.15) is 13.2 Å². The van der Waals surface area contributed by atoms with Gasteiger partial charge in [-0.1, -0.05) is 30.3 Å². The van der Waals surface area contributed by atoms with Crippen molar-refractivity contribution in [3.05, 3.63) is 76.0 Å². The minimum Gasteiger partial charge on any atom is -0.479 e. The summed E-state index contributed by atoms with van der Waals surface area (Å²) in [5.41, 5.74) is -3.76. The van der Waals surface area contributed by atoms with Gasteiger partial charge in [-0.15, -0.1) is 0 Å². The van der Waals surface area contributed by atoms with E-state index in [0.717, 1.165) is 30.0 Å². The number of hydrogen-bond donors (Lipinski definition) is 1. The maximum Gasteiger partial charge on any atom is 0.432 e. The minimum absolute atomic E-state index is 0.0815. The number of non-ortho nitro benzene ring substituents is 1. The Morgan fingerprint density at radius 3 is 2.40 bits per heavy atom. The van der Waals surface area contributed by atoms with Gasteiger partial charge in [0.25, 0.3) is 11.3 Å². The molecule has 10 heteroatoms. The van der Waals surface area contributed by atoms with E-state index < -0.39 is 34.8 Å². The van der Waals surface area contributed by atoms with Crippen LogP contribution in [0.15, 0.2) is 54.7 Å². The van der Waals surface area contributed by atoms with E-state index in [0.29, 0.717) is 0 Å². The normalized spacial score (nSPS) is 13.9. The Morgan fingerprint density at radius 1 is 1.20 bits per heavy atom. The first kappa shape index (κ1) is 21.3. The largest absolute Gasteiger partial charge is 0.479 e. The fraction of sp³-hybridized carbons (Fsp3) is 0.250. The lowest BCUT2D eigenvalue weighted by Gasteiger charge is -2.31. The molecule has 7 nitrogen and oxygen atoms in total. The zero-order valence-electron chi connectivity index (χ0n) is 15.7. The molecule has 158 valence electrons. The number of benzene rings is 2. The maximum atomic E-state index is 14.0. The maximum absolute atomic E-state index is 14.0. The molecule has 1 heterocycles. The molecule has 1 atom stereocenters. The lowest BCUT2D eigenvalue weighted by Crippen LogP contribution is -2.51.